The number of rotatable bonds is 3. The quantitative estimate of drug-likeness (QED) is 0.862. The summed E-state index contributed by atoms with van der Waals surface area (Å²) in [6.07, 6.45) is 0. The van der Waals surface area contributed by atoms with E-state index in [4.69, 9.17) is 4.42 Å². The van der Waals surface area contributed by atoms with Crippen LogP contribution in [0.2, 0.25) is 0 Å². The van der Waals surface area contributed by atoms with Crippen LogP contribution in [0.5, 0.6) is 0 Å². The molecule has 0 saturated heterocycles. The summed E-state index contributed by atoms with van der Waals surface area (Å²) in [6.45, 7) is 1.47. The van der Waals surface area contributed by atoms with Crippen molar-refractivity contribution < 1.29 is 21.6 Å². The molecule has 0 unspecified atom stereocenters. The van der Waals surface area contributed by atoms with E-state index in [2.05, 4.69) is 0 Å². The lowest BCUT2D eigenvalue weighted by Gasteiger charge is -2.14. The molecule has 96 valence electrons. The number of hydrogen-bond acceptors (Lipinski definition) is 3. The maximum absolute atomic E-state index is 14.0. The lowest BCUT2D eigenvalue weighted by atomic mass is 10.4. The fraction of sp³-hybridized carbons (Fsp3) is 0.167. The largest absolute Gasteiger partial charge is 0.459 e. The molecule has 0 N–H and O–H groups in total. The highest BCUT2D eigenvalue weighted by atomic mass is 32.2. The first kappa shape index (κ1) is 12.8. The first-order chi connectivity index (χ1) is 8.35. The molecule has 0 fully saturated rings. The van der Waals surface area contributed by atoms with Crippen molar-refractivity contribution in [3.63, 3.8) is 0 Å². The molecule has 0 bridgehead atoms. The number of halogens is 2. The Morgan fingerprint density at radius 2 is 1.67 bits per heavy atom. The summed E-state index contributed by atoms with van der Waals surface area (Å²) >= 11 is 0. The van der Waals surface area contributed by atoms with Crippen molar-refractivity contribution in [2.24, 2.45) is 0 Å². The van der Waals surface area contributed by atoms with E-state index in [1.165, 1.54) is 25.1 Å². The van der Waals surface area contributed by atoms with Crippen LogP contribution < -0.4 is 0 Å². The smallest absolute Gasteiger partial charge is 0.406 e. The molecule has 0 saturated carbocycles. The zero-order chi connectivity index (χ0) is 13.4. The predicted octanol–water partition coefficient (Wildman–Crippen LogP) is 3.11. The molecule has 18 heavy (non-hydrogen) atoms. The summed E-state index contributed by atoms with van der Waals surface area (Å²) in [6, 6.07) is 8.83. The van der Waals surface area contributed by atoms with E-state index >= 15 is 0 Å². The number of aryl methyl sites for hydroxylation is 1. The number of benzene rings is 1. The van der Waals surface area contributed by atoms with Crippen LogP contribution in [-0.4, -0.2) is 8.42 Å². The molecule has 0 aliphatic heterocycles. The molecule has 0 amide bonds. The Balaban J connectivity index is 2.54. The SMILES string of the molecule is Cc1ccc(C(F)(F)S(=O)(=O)c2ccccc2)o1. The van der Waals surface area contributed by atoms with E-state index in [1.807, 2.05) is 0 Å². The van der Waals surface area contributed by atoms with Crippen molar-refractivity contribution in [1.82, 2.24) is 0 Å². The van der Waals surface area contributed by atoms with Crippen molar-refractivity contribution >= 4 is 9.84 Å². The Kier molecular flexibility index (Phi) is 2.98. The van der Waals surface area contributed by atoms with Gasteiger partial charge in [0.1, 0.15) is 5.76 Å². The summed E-state index contributed by atoms with van der Waals surface area (Å²) in [5, 5.41) is -4.08. The van der Waals surface area contributed by atoms with Crippen molar-refractivity contribution in [3.05, 3.63) is 54.0 Å². The van der Waals surface area contributed by atoms with E-state index < -0.39 is 25.7 Å². The van der Waals surface area contributed by atoms with E-state index in [1.54, 1.807) is 6.07 Å². The molecule has 2 rings (SSSR count). The van der Waals surface area contributed by atoms with Crippen molar-refractivity contribution in [2.45, 2.75) is 17.1 Å². The third-order valence-electron chi connectivity index (χ3n) is 2.42. The Hall–Kier alpha value is -1.69. The number of furan rings is 1. The highest BCUT2D eigenvalue weighted by Crippen LogP contribution is 2.39. The van der Waals surface area contributed by atoms with Gasteiger partial charge in [-0.1, -0.05) is 18.2 Å². The molecular formula is C12H10F2O3S. The van der Waals surface area contributed by atoms with Crippen LogP contribution in [0, 0.1) is 6.92 Å². The molecule has 0 aliphatic carbocycles. The molecule has 0 radical (unpaired) electrons. The summed E-state index contributed by atoms with van der Waals surface area (Å²) in [4.78, 5) is -0.441. The Morgan fingerprint density at radius 3 is 2.17 bits per heavy atom. The molecule has 0 atom stereocenters. The van der Waals surface area contributed by atoms with Crippen LogP contribution in [0.3, 0.4) is 0 Å². The van der Waals surface area contributed by atoms with Gasteiger partial charge in [0.25, 0.3) is 9.84 Å². The zero-order valence-corrected chi connectivity index (χ0v) is 10.2. The molecule has 0 aliphatic rings. The van der Waals surface area contributed by atoms with Gasteiger partial charge in [0.2, 0.25) is 0 Å². The van der Waals surface area contributed by atoms with Gasteiger partial charge in [0.05, 0.1) is 4.90 Å². The Bertz CT molecular complexity index is 645. The minimum Gasteiger partial charge on any atom is -0.459 e. The molecule has 2 aromatic rings. The zero-order valence-electron chi connectivity index (χ0n) is 9.43. The van der Waals surface area contributed by atoms with E-state index in [9.17, 15) is 17.2 Å². The topological polar surface area (TPSA) is 47.3 Å². The third-order valence-corrected chi connectivity index (χ3v) is 4.19. The third kappa shape index (κ3) is 1.92. The Morgan fingerprint density at radius 1 is 1.06 bits per heavy atom. The van der Waals surface area contributed by atoms with E-state index in [0.717, 1.165) is 18.2 Å². The molecular weight excluding hydrogens is 262 g/mol. The molecule has 1 aromatic carbocycles. The molecule has 1 aromatic heterocycles. The average Bonchev–Trinajstić information content (AvgIpc) is 2.77. The van der Waals surface area contributed by atoms with E-state index in [0.29, 0.717) is 0 Å². The second-order valence-electron chi connectivity index (χ2n) is 3.74. The average molecular weight is 272 g/mol. The second-order valence-corrected chi connectivity index (χ2v) is 5.73. The number of sulfone groups is 1. The monoisotopic (exact) mass is 272 g/mol. The summed E-state index contributed by atoms with van der Waals surface area (Å²) in [5.41, 5.74) is 0. The van der Waals surface area contributed by atoms with Crippen LogP contribution in [0.15, 0.2) is 51.8 Å². The predicted molar refractivity (Wildman–Crippen MR) is 61.0 cm³/mol. The normalized spacial score (nSPS) is 12.6. The molecule has 6 heteroatoms. The van der Waals surface area contributed by atoms with Crippen LogP contribution >= 0.6 is 0 Å². The van der Waals surface area contributed by atoms with Crippen LogP contribution in [-0.2, 0) is 15.1 Å². The highest BCUT2D eigenvalue weighted by Gasteiger charge is 2.50. The Labute approximate surface area is 103 Å². The van der Waals surface area contributed by atoms with Gasteiger partial charge in [0.15, 0.2) is 5.76 Å². The van der Waals surface area contributed by atoms with Gasteiger partial charge in [-0.25, -0.2) is 8.42 Å². The second kappa shape index (κ2) is 4.20. The molecule has 1 heterocycles. The van der Waals surface area contributed by atoms with E-state index in [-0.39, 0.29) is 5.76 Å². The van der Waals surface area contributed by atoms with Crippen molar-refractivity contribution in [2.75, 3.05) is 0 Å². The minimum atomic E-state index is -4.81. The highest BCUT2D eigenvalue weighted by molar-refractivity contribution is 7.92. The maximum Gasteiger partial charge on any atom is 0.406 e. The van der Waals surface area contributed by atoms with Crippen molar-refractivity contribution in [3.8, 4) is 0 Å². The fourth-order valence-corrected chi connectivity index (χ4v) is 2.66. The van der Waals surface area contributed by atoms with Gasteiger partial charge >= 0.3 is 5.25 Å². The van der Waals surface area contributed by atoms with Crippen molar-refractivity contribution in [1.29, 1.82) is 0 Å². The van der Waals surface area contributed by atoms with Gasteiger partial charge in [-0.05, 0) is 31.2 Å². The fourth-order valence-electron chi connectivity index (χ4n) is 1.47. The number of alkyl halides is 2. The van der Waals surface area contributed by atoms with Gasteiger partial charge in [0, 0.05) is 0 Å². The first-order valence-electron chi connectivity index (χ1n) is 5.10. The van der Waals surface area contributed by atoms with Gasteiger partial charge in [-0.2, -0.15) is 8.78 Å². The summed E-state index contributed by atoms with van der Waals surface area (Å²) in [5.74, 6) is -0.642. The summed E-state index contributed by atoms with van der Waals surface area (Å²) < 4.78 is 56.3. The maximum atomic E-state index is 14.0. The summed E-state index contributed by atoms with van der Waals surface area (Å²) in [7, 11) is -4.81. The lowest BCUT2D eigenvalue weighted by Crippen LogP contribution is -2.25. The van der Waals surface area contributed by atoms with Crippen LogP contribution in [0.1, 0.15) is 11.5 Å². The van der Waals surface area contributed by atoms with Gasteiger partial charge in [-0.3, -0.25) is 0 Å². The van der Waals surface area contributed by atoms with Crippen LogP contribution in [0.25, 0.3) is 0 Å². The standard InChI is InChI=1S/C12H10F2O3S/c1-9-7-8-11(17-9)12(13,14)18(15,16)10-5-3-2-4-6-10/h2-8H,1H3. The minimum absolute atomic E-state index is 0.230. The molecule has 0 spiro atoms. The lowest BCUT2D eigenvalue weighted by molar-refractivity contribution is 0.0638. The van der Waals surface area contributed by atoms with Crippen LogP contribution in [0.4, 0.5) is 8.78 Å². The van der Waals surface area contributed by atoms with Gasteiger partial charge < -0.3 is 4.42 Å². The first-order valence-corrected chi connectivity index (χ1v) is 6.58. The molecule has 3 nitrogen and oxygen atoms in total. The number of hydrogen-bond donors (Lipinski definition) is 0. The van der Waals surface area contributed by atoms with Gasteiger partial charge in [-0.15, -0.1) is 0 Å².